The number of hydrogen-bond donors (Lipinski definition) is 0. The van der Waals surface area contributed by atoms with Crippen LogP contribution in [-0.2, 0) is 19.8 Å². The molecule has 1 aromatic rings. The first kappa shape index (κ1) is 14.3. The molecule has 21 heavy (non-hydrogen) atoms. The molecule has 0 N–H and O–H groups in total. The standard InChI is InChI=1S/C15H19NO5/c1-5-15(10-8-19-14(2,3)20-10)9-6-7-16-12(18-4)11(9)13(17)21-15/h6-7,10H,5,8H2,1-4H3/t10-,15+/m1/s1. The second kappa shape index (κ2) is 4.68. The van der Waals surface area contributed by atoms with Crippen LogP contribution in [0.4, 0.5) is 0 Å². The summed E-state index contributed by atoms with van der Waals surface area (Å²) in [6.45, 7) is 6.03. The maximum atomic E-state index is 12.3. The average Bonchev–Trinajstić information content (AvgIpc) is 2.97. The normalized spacial score (nSPS) is 30.1. The predicted octanol–water partition coefficient (Wildman–Crippen LogP) is 2.02. The molecule has 0 spiro atoms. The molecule has 0 bridgehead atoms. The van der Waals surface area contributed by atoms with Crippen LogP contribution in [0.2, 0.25) is 0 Å². The van der Waals surface area contributed by atoms with Gasteiger partial charge in [0, 0.05) is 11.8 Å². The van der Waals surface area contributed by atoms with Crippen molar-refractivity contribution in [2.75, 3.05) is 13.7 Å². The number of methoxy groups -OCH3 is 1. The molecule has 114 valence electrons. The van der Waals surface area contributed by atoms with Crippen LogP contribution in [0.3, 0.4) is 0 Å². The Morgan fingerprint density at radius 2 is 2.24 bits per heavy atom. The number of ether oxygens (including phenoxy) is 4. The predicted molar refractivity (Wildman–Crippen MR) is 73.1 cm³/mol. The smallest absolute Gasteiger partial charge is 0.345 e. The Bertz CT molecular complexity index is 585. The van der Waals surface area contributed by atoms with E-state index in [2.05, 4.69) is 4.98 Å². The fraction of sp³-hybridized carbons (Fsp3) is 0.600. The number of esters is 1. The van der Waals surface area contributed by atoms with Crippen molar-refractivity contribution < 1.29 is 23.7 Å². The van der Waals surface area contributed by atoms with Gasteiger partial charge in [-0.1, -0.05) is 6.92 Å². The van der Waals surface area contributed by atoms with E-state index in [1.54, 1.807) is 12.3 Å². The zero-order valence-corrected chi connectivity index (χ0v) is 12.6. The van der Waals surface area contributed by atoms with Crippen molar-refractivity contribution >= 4 is 5.97 Å². The summed E-state index contributed by atoms with van der Waals surface area (Å²) >= 11 is 0. The van der Waals surface area contributed by atoms with Gasteiger partial charge in [0.05, 0.1) is 13.7 Å². The largest absolute Gasteiger partial charge is 0.480 e. The average molecular weight is 293 g/mol. The van der Waals surface area contributed by atoms with Gasteiger partial charge in [0.2, 0.25) is 5.88 Å². The first-order valence-corrected chi connectivity index (χ1v) is 7.02. The van der Waals surface area contributed by atoms with Gasteiger partial charge < -0.3 is 18.9 Å². The van der Waals surface area contributed by atoms with Crippen LogP contribution in [0.25, 0.3) is 0 Å². The van der Waals surface area contributed by atoms with Crippen molar-refractivity contribution in [2.45, 2.75) is 44.7 Å². The van der Waals surface area contributed by atoms with Gasteiger partial charge in [-0.3, -0.25) is 0 Å². The number of aromatic nitrogens is 1. The van der Waals surface area contributed by atoms with Crippen LogP contribution < -0.4 is 4.74 Å². The highest BCUT2D eigenvalue weighted by atomic mass is 16.8. The van der Waals surface area contributed by atoms with Gasteiger partial charge in [-0.2, -0.15) is 0 Å². The minimum atomic E-state index is -0.851. The fourth-order valence-corrected chi connectivity index (χ4v) is 3.06. The Morgan fingerprint density at radius 1 is 1.48 bits per heavy atom. The van der Waals surface area contributed by atoms with Gasteiger partial charge >= 0.3 is 5.97 Å². The van der Waals surface area contributed by atoms with E-state index < -0.39 is 17.4 Å². The number of cyclic esters (lactones) is 1. The number of fused-ring (bicyclic) bond motifs is 1. The molecule has 0 amide bonds. The Hall–Kier alpha value is -1.66. The molecular formula is C15H19NO5. The van der Waals surface area contributed by atoms with E-state index in [1.807, 2.05) is 20.8 Å². The zero-order valence-electron chi connectivity index (χ0n) is 12.6. The summed E-state index contributed by atoms with van der Waals surface area (Å²) in [7, 11) is 1.49. The number of nitrogens with zero attached hydrogens (tertiary/aromatic N) is 1. The van der Waals surface area contributed by atoms with Crippen LogP contribution in [0.5, 0.6) is 5.88 Å². The van der Waals surface area contributed by atoms with Crippen molar-refractivity contribution in [1.82, 2.24) is 4.98 Å². The molecule has 6 nitrogen and oxygen atoms in total. The van der Waals surface area contributed by atoms with Crippen LogP contribution in [0, 0.1) is 0 Å². The Morgan fingerprint density at radius 3 is 2.81 bits per heavy atom. The van der Waals surface area contributed by atoms with E-state index in [-0.39, 0.29) is 12.0 Å². The number of hydrogen-bond acceptors (Lipinski definition) is 6. The molecule has 0 saturated carbocycles. The molecular weight excluding hydrogens is 274 g/mol. The molecule has 3 heterocycles. The lowest BCUT2D eigenvalue weighted by Gasteiger charge is -2.33. The highest BCUT2D eigenvalue weighted by Crippen LogP contribution is 2.47. The molecule has 1 aromatic heterocycles. The van der Waals surface area contributed by atoms with Crippen molar-refractivity contribution in [3.8, 4) is 5.88 Å². The lowest BCUT2D eigenvalue weighted by molar-refractivity contribution is -0.171. The van der Waals surface area contributed by atoms with E-state index in [9.17, 15) is 4.79 Å². The van der Waals surface area contributed by atoms with Crippen LogP contribution >= 0.6 is 0 Å². The van der Waals surface area contributed by atoms with Crippen molar-refractivity contribution in [2.24, 2.45) is 0 Å². The molecule has 2 aliphatic rings. The molecule has 3 rings (SSSR count). The third-order valence-corrected chi connectivity index (χ3v) is 4.10. The summed E-state index contributed by atoms with van der Waals surface area (Å²) in [5.41, 5.74) is 0.291. The molecule has 0 aromatic carbocycles. The molecule has 1 saturated heterocycles. The van der Waals surface area contributed by atoms with E-state index in [4.69, 9.17) is 18.9 Å². The third kappa shape index (κ3) is 2.01. The molecule has 2 atom stereocenters. The topological polar surface area (TPSA) is 66.9 Å². The van der Waals surface area contributed by atoms with Crippen molar-refractivity contribution in [1.29, 1.82) is 0 Å². The van der Waals surface area contributed by atoms with E-state index in [1.165, 1.54) is 7.11 Å². The lowest BCUT2D eigenvalue weighted by atomic mass is 9.85. The molecule has 1 fully saturated rings. The quantitative estimate of drug-likeness (QED) is 0.794. The highest BCUT2D eigenvalue weighted by Gasteiger charge is 2.56. The monoisotopic (exact) mass is 293 g/mol. The summed E-state index contributed by atoms with van der Waals surface area (Å²) in [5, 5.41) is 0. The molecule has 2 aliphatic heterocycles. The maximum absolute atomic E-state index is 12.3. The van der Waals surface area contributed by atoms with E-state index >= 15 is 0 Å². The zero-order chi connectivity index (χ0) is 15.3. The van der Waals surface area contributed by atoms with Gasteiger partial charge in [0.1, 0.15) is 11.7 Å². The first-order valence-electron chi connectivity index (χ1n) is 7.02. The van der Waals surface area contributed by atoms with E-state index in [0.29, 0.717) is 18.6 Å². The Balaban J connectivity index is 2.09. The van der Waals surface area contributed by atoms with Crippen molar-refractivity contribution in [3.63, 3.8) is 0 Å². The maximum Gasteiger partial charge on any atom is 0.345 e. The number of rotatable bonds is 3. The van der Waals surface area contributed by atoms with Gasteiger partial charge in [-0.05, 0) is 26.3 Å². The van der Waals surface area contributed by atoms with E-state index in [0.717, 1.165) is 5.56 Å². The number of carbonyl (C=O) groups is 1. The second-order valence-corrected chi connectivity index (χ2v) is 5.69. The van der Waals surface area contributed by atoms with Crippen LogP contribution in [0.1, 0.15) is 43.1 Å². The minimum Gasteiger partial charge on any atom is -0.480 e. The molecule has 0 radical (unpaired) electrons. The Kier molecular flexibility index (Phi) is 3.18. The van der Waals surface area contributed by atoms with Crippen LogP contribution in [-0.4, -0.2) is 36.6 Å². The molecule has 0 aliphatic carbocycles. The van der Waals surface area contributed by atoms with Crippen molar-refractivity contribution in [3.05, 3.63) is 23.4 Å². The van der Waals surface area contributed by atoms with Crippen LogP contribution in [0.15, 0.2) is 12.3 Å². The molecule has 0 unspecified atom stereocenters. The SMILES string of the molecule is CC[C@]1([C@H]2COC(C)(C)O2)OC(=O)c2c1ccnc2OC. The summed E-state index contributed by atoms with van der Waals surface area (Å²) in [6, 6.07) is 1.79. The number of carbonyl (C=O) groups excluding carboxylic acids is 1. The van der Waals surface area contributed by atoms with Gasteiger partial charge in [-0.15, -0.1) is 0 Å². The first-order chi connectivity index (χ1) is 9.93. The Labute approximate surface area is 123 Å². The third-order valence-electron chi connectivity index (χ3n) is 4.10. The second-order valence-electron chi connectivity index (χ2n) is 5.69. The fourth-order valence-electron chi connectivity index (χ4n) is 3.06. The molecule has 6 heteroatoms. The van der Waals surface area contributed by atoms with Gasteiger partial charge in [-0.25, -0.2) is 9.78 Å². The number of pyridine rings is 1. The summed E-state index contributed by atoms with van der Waals surface area (Å²) < 4.78 is 22.5. The summed E-state index contributed by atoms with van der Waals surface area (Å²) in [5.74, 6) is -0.824. The van der Waals surface area contributed by atoms with Gasteiger partial charge in [0.25, 0.3) is 0 Å². The summed E-state index contributed by atoms with van der Waals surface area (Å²) in [6.07, 6.45) is 1.85. The minimum absolute atomic E-state index is 0.283. The van der Waals surface area contributed by atoms with Gasteiger partial charge in [0.15, 0.2) is 11.4 Å². The summed E-state index contributed by atoms with van der Waals surface area (Å²) in [4.78, 5) is 16.4. The highest BCUT2D eigenvalue weighted by molar-refractivity contribution is 5.97. The lowest BCUT2D eigenvalue weighted by Crippen LogP contribution is -2.42.